The molecular formula is C22H27N5O6. The summed E-state index contributed by atoms with van der Waals surface area (Å²) in [5.74, 6) is -0.220. The maximum Gasteiger partial charge on any atom is 0.437 e. The lowest BCUT2D eigenvalue weighted by molar-refractivity contribution is -0.384. The zero-order valence-corrected chi connectivity index (χ0v) is 19.3. The molecule has 2 aromatic rings. The molecule has 176 valence electrons. The van der Waals surface area contributed by atoms with Crippen LogP contribution in [0.4, 0.5) is 21.0 Å². The Kier molecular flexibility index (Phi) is 7.70. The van der Waals surface area contributed by atoms with Gasteiger partial charge in [-0.2, -0.15) is 0 Å². The summed E-state index contributed by atoms with van der Waals surface area (Å²) in [5.41, 5.74) is -0.285. The first-order valence-corrected chi connectivity index (χ1v) is 10.0. The van der Waals surface area contributed by atoms with E-state index in [0.717, 1.165) is 0 Å². The average Bonchev–Trinajstić information content (AvgIpc) is 2.65. The number of alkyl carbamates (subject to hydrolysis) is 1. The summed E-state index contributed by atoms with van der Waals surface area (Å²) in [4.78, 5) is 42.9. The van der Waals surface area contributed by atoms with Crippen LogP contribution >= 0.6 is 0 Å². The van der Waals surface area contributed by atoms with Gasteiger partial charge in [0.1, 0.15) is 11.2 Å². The van der Waals surface area contributed by atoms with E-state index in [9.17, 15) is 19.7 Å². The lowest BCUT2D eigenvalue weighted by Crippen LogP contribution is -2.40. The summed E-state index contributed by atoms with van der Waals surface area (Å²) in [6, 6.07) is 9.31. The topological polar surface area (TPSA) is 145 Å². The van der Waals surface area contributed by atoms with Gasteiger partial charge in [0.05, 0.1) is 10.6 Å². The molecule has 0 aliphatic heterocycles. The molecule has 0 bridgehead atoms. The smallest absolute Gasteiger partial charge is 0.437 e. The minimum atomic E-state index is -0.919. The number of carbonyl (C=O) groups excluding carboxylic acids is 2. The highest BCUT2D eigenvalue weighted by Gasteiger charge is 2.20. The van der Waals surface area contributed by atoms with Crippen molar-refractivity contribution in [2.24, 2.45) is 4.99 Å². The molecule has 11 heteroatoms. The number of carbonyl (C=O) groups is 2. The molecule has 1 heterocycles. The number of aliphatic imine (C=N–C) groups is 1. The lowest BCUT2D eigenvalue weighted by atomic mass is 10.1. The molecule has 11 nitrogen and oxygen atoms in total. The van der Waals surface area contributed by atoms with E-state index in [1.165, 1.54) is 18.3 Å². The molecule has 0 spiro atoms. The van der Waals surface area contributed by atoms with Crippen LogP contribution in [0.5, 0.6) is 0 Å². The van der Waals surface area contributed by atoms with Gasteiger partial charge in [0.2, 0.25) is 5.96 Å². The predicted octanol–water partition coefficient (Wildman–Crippen LogP) is 4.88. The number of guanidine groups is 1. The first-order valence-electron chi connectivity index (χ1n) is 10.0. The molecule has 2 N–H and O–H groups in total. The number of nitrogens with one attached hydrogen (secondary N) is 2. The Morgan fingerprint density at radius 1 is 1.03 bits per heavy atom. The van der Waals surface area contributed by atoms with Crippen molar-refractivity contribution in [2.75, 3.05) is 5.32 Å². The molecule has 33 heavy (non-hydrogen) atoms. The second-order valence-corrected chi connectivity index (χ2v) is 8.93. The molecular weight excluding hydrogens is 430 g/mol. The average molecular weight is 457 g/mol. The minimum Gasteiger partial charge on any atom is -0.444 e. The van der Waals surface area contributed by atoms with Crippen LogP contribution in [0.2, 0.25) is 0 Å². The maximum atomic E-state index is 12.2. The first-order chi connectivity index (χ1) is 15.2. The predicted molar refractivity (Wildman–Crippen MR) is 123 cm³/mol. The monoisotopic (exact) mass is 457 g/mol. The highest BCUT2D eigenvalue weighted by molar-refractivity contribution is 6.06. The van der Waals surface area contributed by atoms with Gasteiger partial charge in [-0.05, 0) is 53.7 Å². The molecule has 0 aliphatic rings. The zero-order valence-electron chi connectivity index (χ0n) is 19.3. The van der Waals surface area contributed by atoms with E-state index in [2.05, 4.69) is 20.6 Å². The van der Waals surface area contributed by atoms with Gasteiger partial charge in [-0.25, -0.2) is 9.59 Å². The molecule has 0 radical (unpaired) electrons. The number of amides is 2. The van der Waals surface area contributed by atoms with Crippen molar-refractivity contribution in [2.45, 2.75) is 52.7 Å². The number of hydrogen-bond donors (Lipinski definition) is 2. The number of hydrogen-bond acceptors (Lipinski definition) is 7. The standard InChI is InChI=1S/C22H27N5O6/c1-21(2,3)32-19(28)25-18(26-20(29)33-22(4,5)6)24-15-9-7-8-14(12-15)17-13-16(27(30)31)10-11-23-17/h7-13H,1-6H3,(H2,24,25,26,28,29). The Morgan fingerprint density at radius 3 is 2.30 bits per heavy atom. The van der Waals surface area contributed by atoms with Crippen molar-refractivity contribution in [3.63, 3.8) is 0 Å². The fourth-order valence-electron chi connectivity index (χ4n) is 2.45. The fourth-order valence-corrected chi connectivity index (χ4v) is 2.45. The van der Waals surface area contributed by atoms with Crippen LogP contribution in [0.25, 0.3) is 11.3 Å². The van der Waals surface area contributed by atoms with Gasteiger partial charge in [-0.3, -0.25) is 20.4 Å². The molecule has 2 rings (SSSR count). The molecule has 0 unspecified atom stereocenters. The number of anilines is 1. The Balaban J connectivity index is 2.32. The van der Waals surface area contributed by atoms with Gasteiger partial charge in [0.25, 0.3) is 5.69 Å². The number of pyridine rings is 1. The highest BCUT2D eigenvalue weighted by atomic mass is 16.6. The molecule has 0 fully saturated rings. The SMILES string of the molecule is CC(C)(C)OC(=O)N=C(NC(=O)OC(C)(C)C)Nc1cccc(-c2cc([N+](=O)[O-])ccn2)c1. The van der Waals surface area contributed by atoms with Crippen LogP contribution in [0.1, 0.15) is 41.5 Å². The molecule has 0 saturated heterocycles. The molecule has 0 aliphatic carbocycles. The maximum absolute atomic E-state index is 12.2. The van der Waals surface area contributed by atoms with Crippen molar-refractivity contribution in [1.82, 2.24) is 10.3 Å². The van der Waals surface area contributed by atoms with E-state index < -0.39 is 28.3 Å². The molecule has 1 aromatic heterocycles. The Morgan fingerprint density at radius 2 is 1.70 bits per heavy atom. The summed E-state index contributed by atoms with van der Waals surface area (Å²) < 4.78 is 10.4. The molecule has 0 atom stereocenters. The molecule has 1 aromatic carbocycles. The summed E-state index contributed by atoms with van der Waals surface area (Å²) in [7, 11) is 0. The highest BCUT2D eigenvalue weighted by Crippen LogP contribution is 2.24. The van der Waals surface area contributed by atoms with E-state index >= 15 is 0 Å². The van der Waals surface area contributed by atoms with Crippen LogP contribution in [0.3, 0.4) is 0 Å². The van der Waals surface area contributed by atoms with E-state index in [1.807, 2.05) is 0 Å². The largest absolute Gasteiger partial charge is 0.444 e. The fraction of sp³-hybridized carbons (Fsp3) is 0.364. The van der Waals surface area contributed by atoms with Crippen LogP contribution in [0.15, 0.2) is 47.6 Å². The summed E-state index contributed by atoms with van der Waals surface area (Å²) in [6.45, 7) is 10.1. The van der Waals surface area contributed by atoms with Crippen molar-refractivity contribution >= 4 is 29.5 Å². The Labute approximate surface area is 191 Å². The number of ether oxygens (including phenoxy) is 2. The third-order valence-corrected chi connectivity index (χ3v) is 3.59. The third kappa shape index (κ3) is 8.93. The van der Waals surface area contributed by atoms with Crippen LogP contribution in [-0.4, -0.2) is 39.3 Å². The van der Waals surface area contributed by atoms with Crippen LogP contribution in [-0.2, 0) is 9.47 Å². The van der Waals surface area contributed by atoms with Crippen molar-refractivity contribution in [3.05, 3.63) is 52.7 Å². The normalized spacial score (nSPS) is 12.0. The second kappa shape index (κ2) is 10.1. The van der Waals surface area contributed by atoms with E-state index in [0.29, 0.717) is 16.9 Å². The van der Waals surface area contributed by atoms with Crippen LogP contribution < -0.4 is 10.6 Å². The third-order valence-electron chi connectivity index (χ3n) is 3.59. The molecule has 2 amide bonds. The Hall–Kier alpha value is -4.02. The van der Waals surface area contributed by atoms with Gasteiger partial charge < -0.3 is 14.8 Å². The minimum absolute atomic E-state index is 0.0999. The van der Waals surface area contributed by atoms with Crippen LogP contribution in [0, 0.1) is 10.1 Å². The van der Waals surface area contributed by atoms with Gasteiger partial charge in [-0.15, -0.1) is 4.99 Å². The zero-order chi connectivity index (χ0) is 24.8. The Bertz CT molecular complexity index is 1070. The number of nitrogens with zero attached hydrogens (tertiary/aromatic N) is 3. The van der Waals surface area contributed by atoms with Crippen molar-refractivity contribution < 1.29 is 24.0 Å². The summed E-state index contributed by atoms with van der Waals surface area (Å²) in [5, 5.41) is 16.3. The number of aromatic nitrogens is 1. The summed E-state index contributed by atoms with van der Waals surface area (Å²) >= 11 is 0. The van der Waals surface area contributed by atoms with Gasteiger partial charge >= 0.3 is 12.2 Å². The van der Waals surface area contributed by atoms with E-state index in [4.69, 9.17) is 9.47 Å². The first kappa shape index (κ1) is 25.2. The van der Waals surface area contributed by atoms with Gasteiger partial charge in [0, 0.05) is 29.6 Å². The summed E-state index contributed by atoms with van der Waals surface area (Å²) in [6.07, 6.45) is -0.404. The van der Waals surface area contributed by atoms with E-state index in [1.54, 1.807) is 65.8 Å². The van der Waals surface area contributed by atoms with Gasteiger partial charge in [-0.1, -0.05) is 12.1 Å². The molecule has 0 saturated carbocycles. The number of rotatable bonds is 3. The second-order valence-electron chi connectivity index (χ2n) is 8.93. The quantitative estimate of drug-likeness (QED) is 0.287. The van der Waals surface area contributed by atoms with Crippen molar-refractivity contribution in [1.29, 1.82) is 0 Å². The van der Waals surface area contributed by atoms with Gasteiger partial charge in [0.15, 0.2) is 0 Å². The van der Waals surface area contributed by atoms with E-state index in [-0.39, 0.29) is 11.6 Å². The number of nitro groups is 1. The lowest BCUT2D eigenvalue weighted by Gasteiger charge is -2.21. The van der Waals surface area contributed by atoms with Crippen molar-refractivity contribution in [3.8, 4) is 11.3 Å². The number of benzene rings is 1.